The Bertz CT molecular complexity index is 405. The second-order valence-corrected chi connectivity index (χ2v) is 5.39. The summed E-state index contributed by atoms with van der Waals surface area (Å²) in [6.45, 7) is 2.06. The first-order chi connectivity index (χ1) is 8.58. The smallest absolute Gasteiger partial charge is 0.306 e. The highest BCUT2D eigenvalue weighted by Crippen LogP contribution is 2.35. The van der Waals surface area contributed by atoms with Gasteiger partial charge in [-0.05, 0) is 44.1 Å². The Morgan fingerprint density at radius 3 is 2.28 bits per heavy atom. The number of aryl methyl sites for hydroxylation is 1. The number of rotatable bonds is 3. The van der Waals surface area contributed by atoms with E-state index in [4.69, 9.17) is 10.8 Å². The quantitative estimate of drug-likeness (QED) is 0.863. The largest absolute Gasteiger partial charge is 0.481 e. The number of carboxylic acid groups (broad SMARTS) is 1. The molecule has 0 aliphatic heterocycles. The second kappa shape index (κ2) is 5.53. The molecule has 0 radical (unpaired) electrons. The van der Waals surface area contributed by atoms with Crippen LogP contribution in [-0.4, -0.2) is 11.1 Å². The van der Waals surface area contributed by atoms with Crippen LogP contribution >= 0.6 is 0 Å². The van der Waals surface area contributed by atoms with Gasteiger partial charge in [-0.25, -0.2) is 0 Å². The summed E-state index contributed by atoms with van der Waals surface area (Å²) in [7, 11) is 0. The predicted molar refractivity (Wildman–Crippen MR) is 71.2 cm³/mol. The minimum absolute atomic E-state index is 0.0420. The molecule has 0 amide bonds. The lowest BCUT2D eigenvalue weighted by Gasteiger charge is -2.30. The van der Waals surface area contributed by atoms with Gasteiger partial charge in [0.15, 0.2) is 0 Å². The Balaban J connectivity index is 1.97. The van der Waals surface area contributed by atoms with Gasteiger partial charge in [0, 0.05) is 6.04 Å². The fourth-order valence-electron chi connectivity index (χ4n) is 2.79. The van der Waals surface area contributed by atoms with Crippen molar-refractivity contribution in [1.29, 1.82) is 0 Å². The third-order valence-corrected chi connectivity index (χ3v) is 4.09. The molecule has 18 heavy (non-hydrogen) atoms. The van der Waals surface area contributed by atoms with E-state index in [2.05, 4.69) is 31.2 Å². The van der Waals surface area contributed by atoms with E-state index < -0.39 is 5.97 Å². The van der Waals surface area contributed by atoms with Crippen molar-refractivity contribution < 1.29 is 9.90 Å². The van der Waals surface area contributed by atoms with Crippen LogP contribution in [0.25, 0.3) is 0 Å². The molecule has 98 valence electrons. The average Bonchev–Trinajstić information content (AvgIpc) is 2.39. The number of benzene rings is 1. The summed E-state index contributed by atoms with van der Waals surface area (Å²) in [6, 6.07) is 8.38. The molecule has 0 spiro atoms. The van der Waals surface area contributed by atoms with Crippen molar-refractivity contribution in [3.8, 4) is 0 Å². The van der Waals surface area contributed by atoms with Crippen molar-refractivity contribution in [2.75, 3.05) is 0 Å². The van der Waals surface area contributed by atoms with E-state index >= 15 is 0 Å². The minimum atomic E-state index is -0.655. The van der Waals surface area contributed by atoms with Crippen LogP contribution in [0.2, 0.25) is 0 Å². The summed E-state index contributed by atoms with van der Waals surface area (Å²) in [5.41, 5.74) is 8.70. The molecule has 0 bridgehead atoms. The molecule has 1 unspecified atom stereocenters. The number of carboxylic acids is 1. The van der Waals surface area contributed by atoms with E-state index in [1.165, 1.54) is 11.1 Å². The van der Waals surface area contributed by atoms with Crippen molar-refractivity contribution in [3.05, 3.63) is 35.4 Å². The Morgan fingerprint density at radius 2 is 1.78 bits per heavy atom. The highest BCUT2D eigenvalue weighted by molar-refractivity contribution is 5.70. The number of nitrogens with two attached hydrogens (primary N) is 1. The van der Waals surface area contributed by atoms with Crippen LogP contribution in [0.4, 0.5) is 0 Å². The summed E-state index contributed by atoms with van der Waals surface area (Å²) in [5.74, 6) is -0.396. The van der Waals surface area contributed by atoms with Crippen molar-refractivity contribution in [3.63, 3.8) is 0 Å². The van der Waals surface area contributed by atoms with Gasteiger partial charge in [-0.2, -0.15) is 0 Å². The van der Waals surface area contributed by atoms with Gasteiger partial charge < -0.3 is 10.8 Å². The molecule has 0 aromatic heterocycles. The van der Waals surface area contributed by atoms with Crippen LogP contribution in [-0.2, 0) is 4.79 Å². The molecule has 1 aromatic carbocycles. The third kappa shape index (κ3) is 2.91. The second-order valence-electron chi connectivity index (χ2n) is 5.39. The maximum atomic E-state index is 10.9. The van der Waals surface area contributed by atoms with Crippen LogP contribution in [0.3, 0.4) is 0 Å². The third-order valence-electron chi connectivity index (χ3n) is 4.09. The lowest BCUT2D eigenvalue weighted by molar-refractivity contribution is -0.143. The van der Waals surface area contributed by atoms with Gasteiger partial charge in [-0.3, -0.25) is 4.79 Å². The normalized spacial score (nSPS) is 25.7. The molecule has 1 aliphatic carbocycles. The monoisotopic (exact) mass is 247 g/mol. The van der Waals surface area contributed by atoms with Crippen LogP contribution in [0.1, 0.15) is 42.9 Å². The van der Waals surface area contributed by atoms with Crippen LogP contribution in [0, 0.1) is 18.8 Å². The topological polar surface area (TPSA) is 63.3 Å². The summed E-state index contributed by atoms with van der Waals surface area (Å²) in [5, 5.41) is 8.98. The van der Waals surface area contributed by atoms with Gasteiger partial charge in [0.25, 0.3) is 0 Å². The molecule has 1 aliphatic rings. The first kappa shape index (κ1) is 13.1. The summed E-state index contributed by atoms with van der Waals surface area (Å²) in [4.78, 5) is 10.9. The molecular formula is C15H21NO2. The SMILES string of the molecule is Cc1ccc(C(N)C2CCC(C(=O)O)CC2)cc1. The Morgan fingerprint density at radius 1 is 1.22 bits per heavy atom. The van der Waals surface area contributed by atoms with Crippen molar-refractivity contribution in [2.45, 2.75) is 38.6 Å². The highest BCUT2D eigenvalue weighted by atomic mass is 16.4. The van der Waals surface area contributed by atoms with Gasteiger partial charge in [0.1, 0.15) is 0 Å². The fraction of sp³-hybridized carbons (Fsp3) is 0.533. The van der Waals surface area contributed by atoms with Gasteiger partial charge >= 0.3 is 5.97 Å². The lowest BCUT2D eigenvalue weighted by Crippen LogP contribution is -2.28. The highest BCUT2D eigenvalue weighted by Gasteiger charge is 2.29. The standard InChI is InChI=1S/C15H21NO2/c1-10-2-4-11(5-3-10)14(16)12-6-8-13(9-7-12)15(17)18/h2-5,12-14H,6-9,16H2,1H3,(H,17,18). The fourth-order valence-corrected chi connectivity index (χ4v) is 2.79. The first-order valence-corrected chi connectivity index (χ1v) is 6.63. The molecule has 2 rings (SSSR count). The summed E-state index contributed by atoms with van der Waals surface area (Å²) < 4.78 is 0. The van der Waals surface area contributed by atoms with Gasteiger partial charge in [-0.1, -0.05) is 29.8 Å². The maximum Gasteiger partial charge on any atom is 0.306 e. The molecule has 3 heteroatoms. The zero-order valence-electron chi connectivity index (χ0n) is 10.8. The molecule has 0 saturated heterocycles. The first-order valence-electron chi connectivity index (χ1n) is 6.63. The van der Waals surface area contributed by atoms with Crippen molar-refractivity contribution >= 4 is 5.97 Å². The van der Waals surface area contributed by atoms with Gasteiger partial charge in [-0.15, -0.1) is 0 Å². The summed E-state index contributed by atoms with van der Waals surface area (Å²) >= 11 is 0. The molecule has 1 atom stereocenters. The Kier molecular flexibility index (Phi) is 4.02. The van der Waals surface area contributed by atoms with E-state index in [9.17, 15) is 4.79 Å². The molecule has 3 N–H and O–H groups in total. The number of carbonyl (C=O) groups is 1. The molecule has 3 nitrogen and oxygen atoms in total. The van der Waals surface area contributed by atoms with E-state index in [1.807, 2.05) is 0 Å². The van der Waals surface area contributed by atoms with Crippen LogP contribution in [0.15, 0.2) is 24.3 Å². The van der Waals surface area contributed by atoms with E-state index in [-0.39, 0.29) is 12.0 Å². The zero-order chi connectivity index (χ0) is 13.1. The van der Waals surface area contributed by atoms with E-state index in [0.717, 1.165) is 25.7 Å². The van der Waals surface area contributed by atoms with Crippen molar-refractivity contribution in [2.24, 2.45) is 17.6 Å². The average molecular weight is 247 g/mol. The number of aliphatic carboxylic acids is 1. The molecule has 0 heterocycles. The molecule has 1 aromatic rings. The molecular weight excluding hydrogens is 226 g/mol. The maximum absolute atomic E-state index is 10.9. The van der Waals surface area contributed by atoms with Crippen molar-refractivity contribution in [1.82, 2.24) is 0 Å². The number of hydrogen-bond donors (Lipinski definition) is 2. The predicted octanol–water partition coefficient (Wildman–Crippen LogP) is 2.89. The Labute approximate surface area is 108 Å². The molecule has 1 fully saturated rings. The lowest BCUT2D eigenvalue weighted by atomic mass is 9.77. The minimum Gasteiger partial charge on any atom is -0.481 e. The van der Waals surface area contributed by atoms with Gasteiger partial charge in [0.05, 0.1) is 5.92 Å². The molecule has 1 saturated carbocycles. The van der Waals surface area contributed by atoms with Crippen LogP contribution < -0.4 is 5.73 Å². The van der Waals surface area contributed by atoms with Crippen LogP contribution in [0.5, 0.6) is 0 Å². The van der Waals surface area contributed by atoms with E-state index in [1.54, 1.807) is 0 Å². The Hall–Kier alpha value is -1.35. The number of hydrogen-bond acceptors (Lipinski definition) is 2. The summed E-state index contributed by atoms with van der Waals surface area (Å²) in [6.07, 6.45) is 3.37. The zero-order valence-corrected chi connectivity index (χ0v) is 10.8. The van der Waals surface area contributed by atoms with Gasteiger partial charge in [0.2, 0.25) is 0 Å². The van der Waals surface area contributed by atoms with E-state index in [0.29, 0.717) is 5.92 Å².